The molecule has 1 fully saturated rings. The summed E-state index contributed by atoms with van der Waals surface area (Å²) < 4.78 is 0.944. The fourth-order valence-corrected chi connectivity index (χ4v) is 4.53. The zero-order valence-electron chi connectivity index (χ0n) is 12.1. The van der Waals surface area contributed by atoms with Crippen LogP contribution in [0.25, 0.3) is 10.1 Å². The molecular weight excluding hydrogens is 339 g/mol. The third-order valence-electron chi connectivity index (χ3n) is 4.03. The summed E-state index contributed by atoms with van der Waals surface area (Å²) in [4.78, 5) is 12.9. The first-order valence-electron chi connectivity index (χ1n) is 7.51. The molecule has 118 valence electrons. The highest BCUT2D eigenvalue weighted by Gasteiger charge is 2.18. The van der Waals surface area contributed by atoms with E-state index >= 15 is 0 Å². The second-order valence-electron chi connectivity index (χ2n) is 5.64. The van der Waals surface area contributed by atoms with Crippen LogP contribution < -0.4 is 10.6 Å². The lowest BCUT2D eigenvalue weighted by atomic mass is 9.96. The van der Waals surface area contributed by atoms with E-state index in [4.69, 9.17) is 23.2 Å². The lowest BCUT2D eigenvalue weighted by Gasteiger charge is -2.22. The van der Waals surface area contributed by atoms with Crippen LogP contribution in [0.3, 0.4) is 0 Å². The van der Waals surface area contributed by atoms with Gasteiger partial charge in [-0.05, 0) is 50.4 Å². The number of hydrogen-bond acceptors (Lipinski definition) is 3. The number of thiophene rings is 1. The van der Waals surface area contributed by atoms with Crippen LogP contribution in [0.15, 0.2) is 18.2 Å². The highest BCUT2D eigenvalue weighted by molar-refractivity contribution is 7.21. The molecule has 6 heteroatoms. The summed E-state index contributed by atoms with van der Waals surface area (Å²) in [6, 6.07) is 5.50. The summed E-state index contributed by atoms with van der Waals surface area (Å²) in [5.74, 6) is 0.567. The first-order chi connectivity index (χ1) is 10.6. The first-order valence-corrected chi connectivity index (χ1v) is 9.09. The van der Waals surface area contributed by atoms with Gasteiger partial charge in [0.25, 0.3) is 5.91 Å². The van der Waals surface area contributed by atoms with Crippen molar-refractivity contribution in [2.75, 3.05) is 19.6 Å². The fourth-order valence-electron chi connectivity index (χ4n) is 2.83. The summed E-state index contributed by atoms with van der Waals surface area (Å²) in [6.45, 7) is 2.86. The Hall–Kier alpha value is -0.810. The van der Waals surface area contributed by atoms with Crippen LogP contribution in [0.2, 0.25) is 10.0 Å². The highest BCUT2D eigenvalue weighted by atomic mass is 35.5. The van der Waals surface area contributed by atoms with Crippen LogP contribution in [0.4, 0.5) is 0 Å². The van der Waals surface area contributed by atoms with Crippen molar-refractivity contribution in [3.8, 4) is 0 Å². The monoisotopic (exact) mass is 356 g/mol. The van der Waals surface area contributed by atoms with Gasteiger partial charge in [0.05, 0.1) is 5.02 Å². The molecule has 0 aliphatic carbocycles. The number of nitrogens with one attached hydrogen (secondary N) is 2. The van der Waals surface area contributed by atoms with Gasteiger partial charge in [-0.15, -0.1) is 11.3 Å². The Morgan fingerprint density at radius 3 is 3.05 bits per heavy atom. The Kier molecular flexibility index (Phi) is 5.24. The summed E-state index contributed by atoms with van der Waals surface area (Å²) >= 11 is 13.7. The Morgan fingerprint density at radius 2 is 2.27 bits per heavy atom. The molecule has 2 aromatic rings. The van der Waals surface area contributed by atoms with Crippen molar-refractivity contribution < 1.29 is 4.79 Å². The van der Waals surface area contributed by atoms with Gasteiger partial charge in [-0.25, -0.2) is 0 Å². The summed E-state index contributed by atoms with van der Waals surface area (Å²) in [7, 11) is 0. The SMILES string of the molecule is O=C(NCCC1CCCNC1)c1sc2cc(Cl)ccc2c1Cl. The van der Waals surface area contributed by atoms with Gasteiger partial charge in [-0.1, -0.05) is 29.3 Å². The minimum absolute atomic E-state index is 0.0916. The molecular formula is C16H18Cl2N2OS. The molecule has 3 rings (SSSR count). The van der Waals surface area contributed by atoms with E-state index in [1.807, 2.05) is 12.1 Å². The molecule has 1 aromatic carbocycles. The molecule has 1 unspecified atom stereocenters. The number of rotatable bonds is 4. The number of benzene rings is 1. The lowest BCUT2D eigenvalue weighted by Crippen LogP contribution is -2.33. The molecule has 0 spiro atoms. The largest absolute Gasteiger partial charge is 0.351 e. The Labute approximate surface area is 144 Å². The van der Waals surface area contributed by atoms with Gasteiger partial charge in [0.1, 0.15) is 4.88 Å². The van der Waals surface area contributed by atoms with E-state index in [-0.39, 0.29) is 5.91 Å². The molecule has 1 atom stereocenters. The van der Waals surface area contributed by atoms with Crippen molar-refractivity contribution in [2.24, 2.45) is 5.92 Å². The van der Waals surface area contributed by atoms with Crippen molar-refractivity contribution >= 4 is 50.5 Å². The maximum atomic E-state index is 12.3. The number of carbonyl (C=O) groups excluding carboxylic acids is 1. The fraction of sp³-hybridized carbons (Fsp3) is 0.438. The number of hydrogen-bond donors (Lipinski definition) is 2. The van der Waals surface area contributed by atoms with Gasteiger partial charge in [-0.2, -0.15) is 0 Å². The molecule has 2 N–H and O–H groups in total. The second-order valence-corrected chi connectivity index (χ2v) is 7.51. The molecule has 1 aliphatic rings. The maximum absolute atomic E-state index is 12.3. The molecule has 0 radical (unpaired) electrons. The molecule has 0 saturated carbocycles. The van der Waals surface area contributed by atoms with Crippen LogP contribution in [0, 0.1) is 5.92 Å². The van der Waals surface area contributed by atoms with Gasteiger partial charge in [0, 0.05) is 21.7 Å². The predicted octanol–water partition coefficient (Wildman–Crippen LogP) is 4.33. The third kappa shape index (κ3) is 3.57. The summed E-state index contributed by atoms with van der Waals surface area (Å²) in [6.07, 6.45) is 3.47. The van der Waals surface area contributed by atoms with Gasteiger partial charge in [0.15, 0.2) is 0 Å². The number of halogens is 2. The third-order valence-corrected chi connectivity index (χ3v) is 5.93. The first kappa shape index (κ1) is 16.1. The zero-order chi connectivity index (χ0) is 15.5. The van der Waals surface area contributed by atoms with Crippen LogP contribution >= 0.6 is 34.5 Å². The molecule has 0 bridgehead atoms. The van der Waals surface area contributed by atoms with Crippen LogP contribution in [0.1, 0.15) is 28.9 Å². The highest BCUT2D eigenvalue weighted by Crippen LogP contribution is 2.36. The van der Waals surface area contributed by atoms with Crippen molar-refractivity contribution in [1.82, 2.24) is 10.6 Å². The molecule has 1 amide bonds. The molecule has 1 aromatic heterocycles. The minimum Gasteiger partial charge on any atom is -0.351 e. The number of piperidine rings is 1. The van der Waals surface area contributed by atoms with E-state index in [0.29, 0.717) is 27.4 Å². The summed E-state index contributed by atoms with van der Waals surface area (Å²) in [5.41, 5.74) is 0. The second kappa shape index (κ2) is 7.18. The average molecular weight is 357 g/mol. The van der Waals surface area contributed by atoms with E-state index in [0.717, 1.165) is 29.6 Å². The normalized spacial score (nSPS) is 18.5. The molecule has 3 nitrogen and oxygen atoms in total. The van der Waals surface area contributed by atoms with E-state index in [2.05, 4.69) is 10.6 Å². The van der Waals surface area contributed by atoms with Gasteiger partial charge >= 0.3 is 0 Å². The Bertz CT molecular complexity index is 680. The number of fused-ring (bicyclic) bond motifs is 1. The van der Waals surface area contributed by atoms with E-state index in [1.165, 1.54) is 24.2 Å². The zero-order valence-corrected chi connectivity index (χ0v) is 14.5. The topological polar surface area (TPSA) is 41.1 Å². The van der Waals surface area contributed by atoms with Crippen molar-refractivity contribution in [1.29, 1.82) is 0 Å². The number of amides is 1. The standard InChI is InChI=1S/C16H18Cl2N2OS/c17-11-3-4-12-13(8-11)22-15(14(12)18)16(21)20-7-5-10-2-1-6-19-9-10/h3-4,8,10,19H,1-2,5-7,9H2,(H,20,21). The predicted molar refractivity (Wildman–Crippen MR) is 94.4 cm³/mol. The quantitative estimate of drug-likeness (QED) is 0.855. The van der Waals surface area contributed by atoms with Crippen molar-refractivity contribution in [3.63, 3.8) is 0 Å². The van der Waals surface area contributed by atoms with Crippen molar-refractivity contribution in [2.45, 2.75) is 19.3 Å². The molecule has 2 heterocycles. The Balaban J connectivity index is 1.63. The molecule has 1 saturated heterocycles. The van der Waals surface area contributed by atoms with Crippen LogP contribution in [0.5, 0.6) is 0 Å². The lowest BCUT2D eigenvalue weighted by molar-refractivity contribution is 0.0955. The van der Waals surface area contributed by atoms with E-state index in [9.17, 15) is 4.79 Å². The molecule has 22 heavy (non-hydrogen) atoms. The maximum Gasteiger partial charge on any atom is 0.262 e. The van der Waals surface area contributed by atoms with Gasteiger partial charge in [-0.3, -0.25) is 4.79 Å². The van der Waals surface area contributed by atoms with Crippen molar-refractivity contribution in [3.05, 3.63) is 33.1 Å². The van der Waals surface area contributed by atoms with Gasteiger partial charge < -0.3 is 10.6 Å². The van der Waals surface area contributed by atoms with E-state index in [1.54, 1.807) is 6.07 Å². The number of carbonyl (C=O) groups is 1. The summed E-state index contributed by atoms with van der Waals surface area (Å²) in [5, 5.41) is 8.44. The average Bonchev–Trinajstić information content (AvgIpc) is 2.84. The Morgan fingerprint density at radius 1 is 1.41 bits per heavy atom. The molecule has 1 aliphatic heterocycles. The minimum atomic E-state index is -0.0916. The van der Waals surface area contributed by atoms with E-state index < -0.39 is 0 Å². The van der Waals surface area contributed by atoms with Crippen LogP contribution in [-0.2, 0) is 0 Å². The van der Waals surface area contributed by atoms with Crippen LogP contribution in [-0.4, -0.2) is 25.5 Å². The van der Waals surface area contributed by atoms with Gasteiger partial charge in [0.2, 0.25) is 0 Å². The smallest absolute Gasteiger partial charge is 0.262 e.